The number of likely N-dealkylation sites (N-methyl/N-ethyl adjacent to an activating group) is 2. The summed E-state index contributed by atoms with van der Waals surface area (Å²) in [5.74, 6) is 0.393. The molecule has 0 amide bonds. The molecule has 0 bridgehead atoms. The van der Waals surface area contributed by atoms with E-state index in [1.54, 1.807) is 0 Å². The molecule has 0 spiro atoms. The van der Waals surface area contributed by atoms with Gasteiger partial charge in [0, 0.05) is 50.6 Å². The first-order valence-electron chi connectivity index (χ1n) is 19.7. The van der Waals surface area contributed by atoms with Gasteiger partial charge in [-0.2, -0.15) is 10.1 Å². The number of aromatic nitrogens is 5. The Hall–Kier alpha value is -5.76. The number of nitrogen functional groups attached to an aromatic ring is 2. The molecular weight excluding hydrogens is 771 g/mol. The largest absolute Gasteiger partial charge is 0.424 e. The van der Waals surface area contributed by atoms with Crippen molar-refractivity contribution in [1.29, 1.82) is 0 Å². The second kappa shape index (κ2) is 26.4. The predicted octanol–water partition coefficient (Wildman–Crippen LogP) is 3.56. The number of fused-ring (bicyclic) bond motifs is 3. The number of nitrogens with one attached hydrogen (secondary N) is 1. The Bertz CT molecular complexity index is 2150. The van der Waals surface area contributed by atoms with E-state index in [4.69, 9.17) is 39.9 Å². The highest BCUT2D eigenvalue weighted by Gasteiger charge is 2.19. The average Bonchev–Trinajstić information content (AvgIpc) is 3.82. The van der Waals surface area contributed by atoms with Crippen molar-refractivity contribution < 1.29 is 33.0 Å². The number of nitrogens with two attached hydrogens (primary N) is 2. The molecule has 5 N–H and O–H groups in total. The quantitative estimate of drug-likeness (QED) is 0.0392. The minimum absolute atomic E-state index is 0.133. The van der Waals surface area contributed by atoms with Crippen LogP contribution in [0.1, 0.15) is 30.0 Å². The summed E-state index contributed by atoms with van der Waals surface area (Å²) in [7, 11) is 4.04. The SMILES string of the molecule is C=N/C=C(/C=O)C=NCC.CN1CCc2cc(Cn3nc(-c4ccc5oc(N)nc5c4)c4c(N)ncnc43)ccc2C1.CNCCOCCOCCOCCOCCC=O. The molecule has 0 aliphatic carbocycles. The first-order chi connectivity index (χ1) is 29.3. The highest BCUT2D eigenvalue weighted by Crippen LogP contribution is 2.33. The summed E-state index contributed by atoms with van der Waals surface area (Å²) in [6, 6.07) is 12.4. The molecule has 0 fully saturated rings. The Balaban J connectivity index is 0.000000240. The van der Waals surface area contributed by atoms with Crippen molar-refractivity contribution in [3.05, 3.63) is 71.2 Å². The summed E-state index contributed by atoms with van der Waals surface area (Å²) in [6.45, 7) is 13.8. The van der Waals surface area contributed by atoms with E-state index in [-0.39, 0.29) is 6.01 Å². The van der Waals surface area contributed by atoms with Gasteiger partial charge in [-0.25, -0.2) is 14.6 Å². The van der Waals surface area contributed by atoms with Crippen molar-refractivity contribution in [2.45, 2.75) is 32.9 Å². The van der Waals surface area contributed by atoms with Gasteiger partial charge in [-0.1, -0.05) is 18.2 Å². The van der Waals surface area contributed by atoms with Gasteiger partial charge in [0.1, 0.15) is 29.6 Å². The van der Waals surface area contributed by atoms with E-state index in [0.717, 1.165) is 43.3 Å². The molecule has 60 heavy (non-hydrogen) atoms. The number of carbonyl (C=O) groups is 2. The fraction of sp³-hybridized carbons (Fsp3) is 0.429. The van der Waals surface area contributed by atoms with E-state index in [0.29, 0.717) is 112 Å². The second-order valence-electron chi connectivity index (χ2n) is 13.4. The van der Waals surface area contributed by atoms with Crippen LogP contribution in [0.25, 0.3) is 33.4 Å². The van der Waals surface area contributed by atoms with Gasteiger partial charge in [0.2, 0.25) is 0 Å². The van der Waals surface area contributed by atoms with Gasteiger partial charge >= 0.3 is 0 Å². The van der Waals surface area contributed by atoms with Gasteiger partial charge in [-0.15, -0.1) is 0 Å². The molecule has 0 saturated carbocycles. The summed E-state index contributed by atoms with van der Waals surface area (Å²) in [4.78, 5) is 42.7. The molecule has 6 rings (SSSR count). The maximum Gasteiger partial charge on any atom is 0.292 e. The van der Waals surface area contributed by atoms with Crippen LogP contribution in [-0.2, 0) is 48.0 Å². The van der Waals surface area contributed by atoms with E-state index in [2.05, 4.69) is 67.1 Å². The second-order valence-corrected chi connectivity index (χ2v) is 13.4. The van der Waals surface area contributed by atoms with Crippen LogP contribution in [0.5, 0.6) is 0 Å². The monoisotopic (exact) mass is 827 g/mol. The van der Waals surface area contributed by atoms with Crippen molar-refractivity contribution in [3.63, 3.8) is 0 Å². The van der Waals surface area contributed by atoms with Crippen LogP contribution in [0.2, 0.25) is 0 Å². The van der Waals surface area contributed by atoms with E-state index in [1.807, 2.05) is 36.9 Å². The standard InChI is InChI=1S/C23H22N8O.C12H25NO5.C7H10N2O/c1-30-7-6-14-8-13(2-3-16(14)11-30)10-31-22-19(21(24)26-12-27-22)20(29-31)15-4-5-18-17(9-15)28-23(25)32-18;1-13-3-6-16-8-10-18-12-11-17-9-7-15-5-2-4-14;1-3-9-5-7(6-10)4-8-2/h2-5,8-9,12H,6-7,10-11H2,1H3,(H2,25,28)(H2,24,26,27);4,13H,2-3,5-12H2,1H3;4-6H,2-3H2,1H3/b;;7-4+,9-5?. The van der Waals surface area contributed by atoms with E-state index in [1.165, 1.54) is 35.4 Å². The Morgan fingerprint density at radius 1 is 0.967 bits per heavy atom. The number of ether oxygens (including phenoxy) is 4. The molecule has 322 valence electrons. The fourth-order valence-electron chi connectivity index (χ4n) is 5.92. The first-order valence-corrected chi connectivity index (χ1v) is 19.7. The number of aliphatic imine (C=N–C) groups is 2. The first kappa shape index (κ1) is 46.9. The number of aldehydes is 2. The van der Waals surface area contributed by atoms with Crippen LogP contribution in [0.3, 0.4) is 0 Å². The lowest BCUT2D eigenvalue weighted by atomic mass is 9.97. The smallest absolute Gasteiger partial charge is 0.292 e. The van der Waals surface area contributed by atoms with Crippen molar-refractivity contribution in [1.82, 2.24) is 34.9 Å². The number of benzene rings is 2. The third kappa shape index (κ3) is 15.1. The molecule has 0 saturated heterocycles. The zero-order valence-corrected chi connectivity index (χ0v) is 34.8. The number of anilines is 2. The number of hydrogen-bond donors (Lipinski definition) is 3. The van der Waals surface area contributed by atoms with Gasteiger partial charge in [-0.3, -0.25) is 14.8 Å². The molecule has 1 aliphatic rings. The summed E-state index contributed by atoms with van der Waals surface area (Å²) < 4.78 is 28.3. The lowest BCUT2D eigenvalue weighted by Crippen LogP contribution is -2.26. The highest BCUT2D eigenvalue weighted by atomic mass is 16.6. The molecular formula is C42H57N11O7. The Kier molecular flexibility index (Phi) is 20.6. The van der Waals surface area contributed by atoms with Crippen LogP contribution in [0, 0.1) is 0 Å². The van der Waals surface area contributed by atoms with Crippen LogP contribution in [0.4, 0.5) is 11.8 Å². The molecule has 18 heteroatoms. The maximum atomic E-state index is 10.2. The summed E-state index contributed by atoms with van der Waals surface area (Å²) in [5, 5.41) is 8.61. The number of carbonyl (C=O) groups excluding carboxylic acids is 2. The molecule has 4 heterocycles. The average molecular weight is 828 g/mol. The van der Waals surface area contributed by atoms with Gasteiger partial charge < -0.3 is 49.8 Å². The number of allylic oxidation sites excluding steroid dienone is 1. The van der Waals surface area contributed by atoms with Crippen LogP contribution >= 0.6 is 0 Å². The third-order valence-corrected chi connectivity index (χ3v) is 8.83. The summed E-state index contributed by atoms with van der Waals surface area (Å²) in [5.41, 5.74) is 19.9. The van der Waals surface area contributed by atoms with Crippen molar-refractivity contribution in [2.24, 2.45) is 9.98 Å². The van der Waals surface area contributed by atoms with Gasteiger partial charge in [0.05, 0.1) is 70.4 Å². The van der Waals surface area contributed by atoms with Crippen molar-refractivity contribution in [2.75, 3.05) is 98.1 Å². The number of hydrogen-bond acceptors (Lipinski definition) is 17. The topological polar surface area (TPSA) is 233 Å². The van der Waals surface area contributed by atoms with Gasteiger partial charge in [0.25, 0.3) is 6.01 Å². The van der Waals surface area contributed by atoms with Crippen LogP contribution in [0.15, 0.2) is 68.9 Å². The molecule has 0 radical (unpaired) electrons. The third-order valence-electron chi connectivity index (χ3n) is 8.83. The number of rotatable bonds is 22. The lowest BCUT2D eigenvalue weighted by Gasteiger charge is -2.25. The van der Waals surface area contributed by atoms with Crippen LogP contribution < -0.4 is 16.8 Å². The normalized spacial score (nSPS) is 12.8. The zero-order valence-electron chi connectivity index (χ0n) is 34.8. The predicted molar refractivity (Wildman–Crippen MR) is 233 cm³/mol. The minimum atomic E-state index is 0.133. The van der Waals surface area contributed by atoms with Gasteiger partial charge in [0.15, 0.2) is 17.5 Å². The lowest BCUT2D eigenvalue weighted by molar-refractivity contribution is -0.109. The van der Waals surface area contributed by atoms with E-state index >= 15 is 0 Å². The van der Waals surface area contributed by atoms with Crippen molar-refractivity contribution >= 4 is 59.5 Å². The molecule has 2 aromatic carbocycles. The molecule has 3 aromatic heterocycles. The maximum absolute atomic E-state index is 10.2. The molecule has 0 unspecified atom stereocenters. The molecule has 1 aliphatic heterocycles. The van der Waals surface area contributed by atoms with Crippen molar-refractivity contribution in [3.8, 4) is 11.3 Å². The summed E-state index contributed by atoms with van der Waals surface area (Å²) in [6.07, 6.45) is 7.34. The molecule has 0 atom stereocenters. The Morgan fingerprint density at radius 2 is 1.70 bits per heavy atom. The molecule has 18 nitrogen and oxygen atoms in total. The molecule has 5 aromatic rings. The van der Waals surface area contributed by atoms with E-state index < -0.39 is 0 Å². The minimum Gasteiger partial charge on any atom is -0.424 e. The Morgan fingerprint density at radius 3 is 2.38 bits per heavy atom. The number of nitrogens with zero attached hydrogens (tertiary/aromatic N) is 8. The fourth-order valence-corrected chi connectivity index (χ4v) is 5.92. The highest BCUT2D eigenvalue weighted by molar-refractivity contribution is 6.01. The number of oxazole rings is 1. The van der Waals surface area contributed by atoms with E-state index in [9.17, 15) is 9.59 Å². The summed E-state index contributed by atoms with van der Waals surface area (Å²) >= 11 is 0. The Labute approximate surface area is 350 Å². The zero-order chi connectivity index (χ0) is 43.0. The van der Waals surface area contributed by atoms with Gasteiger partial charge in [-0.05, 0) is 69.0 Å². The van der Waals surface area contributed by atoms with Crippen LogP contribution in [-0.4, -0.2) is 142 Å².